The molecule has 112 valence electrons. The molecule has 0 aromatic rings. The third kappa shape index (κ3) is 5.92. The molecular formula is C13H26N2O4. The quantitative estimate of drug-likeness (QED) is 0.591. The lowest BCUT2D eigenvalue weighted by Crippen LogP contribution is -2.47. The summed E-state index contributed by atoms with van der Waals surface area (Å²) < 4.78 is 0. The standard InChI is InChI=1S/C13H26N2O4/c1-4-6-7-15(8-9-16)12(19)14-10-13(3,5-2)11(17)18/h16H,4-10H2,1-3H3,(H,14,19)(H,17,18). The third-order valence-corrected chi connectivity index (χ3v) is 3.37. The normalized spacial score (nSPS) is 13.7. The third-order valence-electron chi connectivity index (χ3n) is 3.37. The average molecular weight is 274 g/mol. The van der Waals surface area contributed by atoms with E-state index in [1.54, 1.807) is 13.8 Å². The van der Waals surface area contributed by atoms with Gasteiger partial charge in [0.2, 0.25) is 0 Å². The Labute approximate surface area is 114 Å². The van der Waals surface area contributed by atoms with E-state index in [0.29, 0.717) is 13.0 Å². The number of unbranched alkanes of at least 4 members (excludes halogenated alkanes) is 1. The van der Waals surface area contributed by atoms with Crippen LogP contribution in [-0.2, 0) is 4.79 Å². The fourth-order valence-electron chi connectivity index (χ4n) is 1.52. The number of amides is 2. The summed E-state index contributed by atoms with van der Waals surface area (Å²) in [6.07, 6.45) is 2.26. The minimum Gasteiger partial charge on any atom is -0.481 e. The summed E-state index contributed by atoms with van der Waals surface area (Å²) in [7, 11) is 0. The fraction of sp³-hybridized carbons (Fsp3) is 0.846. The first-order valence-corrected chi connectivity index (χ1v) is 6.78. The van der Waals surface area contributed by atoms with E-state index in [-0.39, 0.29) is 25.7 Å². The zero-order valence-corrected chi connectivity index (χ0v) is 12.1. The highest BCUT2D eigenvalue weighted by molar-refractivity contribution is 5.77. The number of urea groups is 1. The molecule has 0 aromatic carbocycles. The van der Waals surface area contributed by atoms with E-state index in [2.05, 4.69) is 5.32 Å². The van der Waals surface area contributed by atoms with E-state index < -0.39 is 11.4 Å². The van der Waals surface area contributed by atoms with Gasteiger partial charge in [-0.3, -0.25) is 4.79 Å². The molecule has 0 radical (unpaired) electrons. The lowest BCUT2D eigenvalue weighted by Gasteiger charge is -2.27. The van der Waals surface area contributed by atoms with Gasteiger partial charge < -0.3 is 20.4 Å². The Hall–Kier alpha value is -1.30. The Bertz CT molecular complexity index is 296. The van der Waals surface area contributed by atoms with Crippen molar-refractivity contribution in [3.63, 3.8) is 0 Å². The van der Waals surface area contributed by atoms with Crippen molar-refractivity contribution in [1.82, 2.24) is 10.2 Å². The Morgan fingerprint density at radius 3 is 2.32 bits per heavy atom. The number of carbonyl (C=O) groups excluding carboxylic acids is 1. The molecule has 6 nitrogen and oxygen atoms in total. The van der Waals surface area contributed by atoms with Gasteiger partial charge in [0, 0.05) is 19.6 Å². The maximum atomic E-state index is 11.9. The molecule has 0 saturated carbocycles. The summed E-state index contributed by atoms with van der Waals surface area (Å²) >= 11 is 0. The smallest absolute Gasteiger partial charge is 0.317 e. The topological polar surface area (TPSA) is 89.9 Å². The van der Waals surface area contributed by atoms with Crippen LogP contribution in [0.2, 0.25) is 0 Å². The number of hydrogen-bond acceptors (Lipinski definition) is 3. The lowest BCUT2D eigenvalue weighted by molar-refractivity contribution is -0.147. The minimum atomic E-state index is -0.953. The Morgan fingerprint density at radius 1 is 1.26 bits per heavy atom. The highest BCUT2D eigenvalue weighted by Crippen LogP contribution is 2.19. The van der Waals surface area contributed by atoms with Gasteiger partial charge in [-0.05, 0) is 19.8 Å². The van der Waals surface area contributed by atoms with Crippen LogP contribution in [0.3, 0.4) is 0 Å². The number of aliphatic hydroxyl groups is 1. The molecule has 0 aromatic heterocycles. The number of nitrogens with zero attached hydrogens (tertiary/aromatic N) is 1. The van der Waals surface area contributed by atoms with Crippen molar-refractivity contribution in [2.45, 2.75) is 40.0 Å². The maximum Gasteiger partial charge on any atom is 0.317 e. The Kier molecular flexibility index (Phi) is 8.14. The van der Waals surface area contributed by atoms with Gasteiger partial charge >= 0.3 is 12.0 Å². The molecular weight excluding hydrogens is 248 g/mol. The van der Waals surface area contributed by atoms with Gasteiger partial charge in [0.15, 0.2) is 0 Å². The average Bonchev–Trinajstić information content (AvgIpc) is 2.40. The fourth-order valence-corrected chi connectivity index (χ4v) is 1.52. The van der Waals surface area contributed by atoms with Crippen LogP contribution in [0.15, 0.2) is 0 Å². The van der Waals surface area contributed by atoms with Gasteiger partial charge in [-0.1, -0.05) is 20.3 Å². The zero-order valence-electron chi connectivity index (χ0n) is 12.1. The second-order valence-electron chi connectivity index (χ2n) is 4.94. The Balaban J connectivity index is 4.42. The van der Waals surface area contributed by atoms with Crippen LogP contribution < -0.4 is 5.32 Å². The van der Waals surface area contributed by atoms with Gasteiger partial charge in [0.1, 0.15) is 0 Å². The molecule has 0 aliphatic heterocycles. The molecule has 0 aliphatic rings. The molecule has 0 bridgehead atoms. The first kappa shape index (κ1) is 17.7. The highest BCUT2D eigenvalue weighted by atomic mass is 16.4. The van der Waals surface area contributed by atoms with E-state index in [4.69, 9.17) is 10.2 Å². The molecule has 0 spiro atoms. The van der Waals surface area contributed by atoms with E-state index in [1.807, 2.05) is 6.92 Å². The van der Waals surface area contributed by atoms with E-state index in [0.717, 1.165) is 12.8 Å². The van der Waals surface area contributed by atoms with Crippen LogP contribution in [0.4, 0.5) is 4.79 Å². The summed E-state index contributed by atoms with van der Waals surface area (Å²) in [6, 6.07) is -0.316. The predicted molar refractivity (Wildman–Crippen MR) is 73.0 cm³/mol. The van der Waals surface area contributed by atoms with Crippen molar-refractivity contribution in [1.29, 1.82) is 0 Å². The molecule has 3 N–H and O–H groups in total. The zero-order chi connectivity index (χ0) is 14.9. The predicted octanol–water partition coefficient (Wildman–Crippen LogP) is 1.29. The van der Waals surface area contributed by atoms with Gasteiger partial charge in [-0.25, -0.2) is 4.79 Å². The largest absolute Gasteiger partial charge is 0.481 e. The SMILES string of the molecule is CCCCN(CCO)C(=O)NCC(C)(CC)C(=O)O. The minimum absolute atomic E-state index is 0.0890. The number of nitrogens with one attached hydrogen (secondary N) is 1. The highest BCUT2D eigenvalue weighted by Gasteiger charge is 2.31. The second-order valence-corrected chi connectivity index (χ2v) is 4.94. The molecule has 19 heavy (non-hydrogen) atoms. The van der Waals surface area contributed by atoms with Gasteiger partial charge in [0.05, 0.1) is 12.0 Å². The monoisotopic (exact) mass is 274 g/mol. The van der Waals surface area contributed by atoms with Crippen LogP contribution in [0, 0.1) is 5.41 Å². The van der Waals surface area contributed by atoms with Crippen molar-refractivity contribution in [3.8, 4) is 0 Å². The number of rotatable bonds is 9. The number of aliphatic hydroxyl groups excluding tert-OH is 1. The van der Waals surface area contributed by atoms with Crippen LogP contribution in [0.5, 0.6) is 0 Å². The maximum absolute atomic E-state index is 11.9. The number of hydrogen-bond donors (Lipinski definition) is 3. The van der Waals surface area contributed by atoms with Crippen molar-refractivity contribution < 1.29 is 19.8 Å². The summed E-state index contributed by atoms with van der Waals surface area (Å²) in [5.74, 6) is -0.919. The summed E-state index contributed by atoms with van der Waals surface area (Å²) in [4.78, 5) is 24.6. The van der Waals surface area contributed by atoms with Crippen molar-refractivity contribution in [2.24, 2.45) is 5.41 Å². The molecule has 6 heteroatoms. The molecule has 0 heterocycles. The van der Waals surface area contributed by atoms with Gasteiger partial charge in [-0.15, -0.1) is 0 Å². The number of carbonyl (C=O) groups is 2. The number of carboxylic acid groups (broad SMARTS) is 1. The molecule has 2 amide bonds. The van der Waals surface area contributed by atoms with Gasteiger partial charge in [-0.2, -0.15) is 0 Å². The number of aliphatic carboxylic acids is 1. The summed E-state index contributed by atoms with van der Waals surface area (Å²) in [5, 5.41) is 20.7. The van der Waals surface area contributed by atoms with Crippen LogP contribution in [0.25, 0.3) is 0 Å². The molecule has 0 fully saturated rings. The number of carboxylic acids is 1. The van der Waals surface area contributed by atoms with Crippen LogP contribution >= 0.6 is 0 Å². The van der Waals surface area contributed by atoms with Crippen molar-refractivity contribution in [3.05, 3.63) is 0 Å². The Morgan fingerprint density at radius 2 is 1.89 bits per heavy atom. The van der Waals surface area contributed by atoms with Gasteiger partial charge in [0.25, 0.3) is 0 Å². The van der Waals surface area contributed by atoms with Crippen molar-refractivity contribution >= 4 is 12.0 Å². The molecule has 1 atom stereocenters. The first-order chi connectivity index (χ1) is 8.91. The lowest BCUT2D eigenvalue weighted by atomic mass is 9.88. The molecule has 0 saturated heterocycles. The molecule has 1 unspecified atom stereocenters. The van der Waals surface area contributed by atoms with Crippen LogP contribution in [-0.4, -0.2) is 53.4 Å². The summed E-state index contributed by atoms with van der Waals surface area (Å²) in [6.45, 7) is 6.24. The van der Waals surface area contributed by atoms with Crippen molar-refractivity contribution in [2.75, 3.05) is 26.2 Å². The first-order valence-electron chi connectivity index (χ1n) is 6.78. The molecule has 0 rings (SSSR count). The van der Waals surface area contributed by atoms with E-state index in [9.17, 15) is 9.59 Å². The van der Waals surface area contributed by atoms with E-state index >= 15 is 0 Å². The second kappa shape index (κ2) is 8.74. The van der Waals surface area contributed by atoms with Crippen LogP contribution in [0.1, 0.15) is 40.0 Å². The summed E-state index contributed by atoms with van der Waals surface area (Å²) in [5.41, 5.74) is -0.953. The molecule has 0 aliphatic carbocycles. The van der Waals surface area contributed by atoms with E-state index in [1.165, 1.54) is 4.90 Å².